The summed E-state index contributed by atoms with van der Waals surface area (Å²) in [7, 11) is 3.02. The van der Waals surface area contributed by atoms with Crippen molar-refractivity contribution >= 4 is 41.0 Å². The molecule has 0 aromatic heterocycles. The van der Waals surface area contributed by atoms with E-state index in [1.54, 1.807) is 61.5 Å². The second-order valence-electron chi connectivity index (χ2n) is 9.97. The number of esters is 1. The number of nitrogens with zero attached hydrogens (tertiary/aromatic N) is 2. The summed E-state index contributed by atoms with van der Waals surface area (Å²) in [6.45, 7) is 1.77. The van der Waals surface area contributed by atoms with E-state index in [0.717, 1.165) is 9.80 Å². The number of hydrogen-bond acceptors (Lipinski definition) is 8. The molecule has 3 fully saturated rings. The third-order valence-corrected chi connectivity index (χ3v) is 8.30. The van der Waals surface area contributed by atoms with Crippen LogP contribution in [-0.4, -0.2) is 50.4 Å². The lowest BCUT2D eigenvalue weighted by Gasteiger charge is -2.46. The van der Waals surface area contributed by atoms with E-state index in [1.165, 1.54) is 14.2 Å². The van der Waals surface area contributed by atoms with Crippen molar-refractivity contribution in [3.05, 3.63) is 60.2 Å². The van der Waals surface area contributed by atoms with Crippen LogP contribution in [0.1, 0.15) is 6.92 Å². The highest BCUT2D eigenvalue weighted by atomic mass is 16.5. The van der Waals surface area contributed by atoms with Crippen LogP contribution in [0.3, 0.4) is 0 Å². The van der Waals surface area contributed by atoms with Crippen molar-refractivity contribution in [1.82, 2.24) is 0 Å². The van der Waals surface area contributed by atoms with Crippen molar-refractivity contribution in [2.24, 2.45) is 35.5 Å². The Hall–Kier alpha value is -4.47. The van der Waals surface area contributed by atoms with E-state index in [4.69, 9.17) is 14.2 Å². The Bertz CT molecular complexity index is 1340. The number of carbonyl (C=O) groups excluding carboxylic acids is 5. The lowest BCUT2D eigenvalue weighted by Crippen LogP contribution is -2.53. The number of benzene rings is 2. The summed E-state index contributed by atoms with van der Waals surface area (Å²) in [4.78, 5) is 70.6. The molecule has 7 rings (SSSR count). The van der Waals surface area contributed by atoms with E-state index in [1.807, 2.05) is 0 Å². The first kappa shape index (κ1) is 24.8. The van der Waals surface area contributed by atoms with Gasteiger partial charge in [0.05, 0.1) is 55.9 Å². The molecule has 10 heteroatoms. The minimum Gasteiger partial charge on any atom is -0.497 e. The van der Waals surface area contributed by atoms with Crippen LogP contribution in [0, 0.1) is 35.5 Å². The Morgan fingerprint density at radius 3 is 1.46 bits per heavy atom. The molecule has 4 amide bonds. The van der Waals surface area contributed by atoms with Gasteiger partial charge < -0.3 is 14.2 Å². The molecule has 2 aromatic rings. The third kappa shape index (κ3) is 3.43. The molecule has 1 saturated carbocycles. The number of methoxy groups -OCH3 is 2. The molecule has 200 valence electrons. The number of ether oxygens (including phenoxy) is 3. The molecule has 10 nitrogen and oxygen atoms in total. The number of anilines is 2. The number of imide groups is 2. The van der Waals surface area contributed by atoms with Crippen molar-refractivity contribution in [1.29, 1.82) is 0 Å². The molecule has 2 aliphatic heterocycles. The normalized spacial score (nSPS) is 28.8. The number of amides is 4. The van der Waals surface area contributed by atoms with Gasteiger partial charge in [-0.25, -0.2) is 4.79 Å². The molecule has 2 unspecified atom stereocenters. The van der Waals surface area contributed by atoms with Crippen molar-refractivity contribution in [2.75, 3.05) is 30.6 Å². The standard InChI is InChI=1S/C29H26N2O8/c1-4-39-29(36)19-13-18-21-23(27(34)30(25(21)32)14-5-9-16(37-2)10-6-14)20(19)24-22(18)26(33)31(28(24)35)15-7-11-17(38-3)12-8-15/h5-13,18,20-24H,4H2,1-3H3/t18?,20?,21-,22-,23-,24+/m0/s1. The molecule has 2 heterocycles. The van der Waals surface area contributed by atoms with Gasteiger partial charge in [-0.1, -0.05) is 6.08 Å². The van der Waals surface area contributed by atoms with E-state index in [9.17, 15) is 24.0 Å². The van der Waals surface area contributed by atoms with Gasteiger partial charge in [-0.15, -0.1) is 0 Å². The molecule has 5 aliphatic rings. The smallest absolute Gasteiger partial charge is 0.334 e. The molecule has 3 aliphatic carbocycles. The van der Waals surface area contributed by atoms with Crippen LogP contribution in [0.15, 0.2) is 60.2 Å². The zero-order chi connectivity index (χ0) is 27.6. The molecule has 6 atom stereocenters. The Kier molecular flexibility index (Phi) is 5.78. The van der Waals surface area contributed by atoms with E-state index in [2.05, 4.69) is 0 Å². The van der Waals surface area contributed by atoms with Gasteiger partial charge >= 0.3 is 5.97 Å². The SMILES string of the molecule is CCOC(=O)C1=CC2[C@@H]3C(=O)N(c4ccc(OC)cc4)C(=O)[C@@H]3C1[C@@H]1C(=O)N(c3ccc(OC)cc3)C(=O)[C@@H]21. The Balaban J connectivity index is 1.43. The highest BCUT2D eigenvalue weighted by Gasteiger charge is 2.71. The Morgan fingerprint density at radius 1 is 0.667 bits per heavy atom. The number of rotatable bonds is 6. The molecule has 39 heavy (non-hydrogen) atoms. The van der Waals surface area contributed by atoms with Crippen LogP contribution in [0.2, 0.25) is 0 Å². The Labute approximate surface area is 224 Å². The summed E-state index contributed by atoms with van der Waals surface area (Å²) in [5.74, 6) is -6.90. The molecule has 0 N–H and O–H groups in total. The number of allylic oxidation sites excluding steroid dienone is 1. The predicted molar refractivity (Wildman–Crippen MR) is 137 cm³/mol. The van der Waals surface area contributed by atoms with Gasteiger partial charge in [0.15, 0.2) is 0 Å². The van der Waals surface area contributed by atoms with Crippen LogP contribution < -0.4 is 19.3 Å². The fraction of sp³-hybridized carbons (Fsp3) is 0.345. The second-order valence-corrected chi connectivity index (χ2v) is 9.97. The van der Waals surface area contributed by atoms with Gasteiger partial charge in [0.2, 0.25) is 23.6 Å². The largest absolute Gasteiger partial charge is 0.497 e. The highest BCUT2D eigenvalue weighted by molar-refractivity contribution is 6.27. The van der Waals surface area contributed by atoms with Gasteiger partial charge in [-0.2, -0.15) is 0 Å². The minimum atomic E-state index is -0.970. The zero-order valence-corrected chi connectivity index (χ0v) is 21.5. The third-order valence-electron chi connectivity index (χ3n) is 8.30. The first-order chi connectivity index (χ1) is 18.8. The maximum atomic E-state index is 13.9. The minimum absolute atomic E-state index is 0.103. The van der Waals surface area contributed by atoms with Crippen LogP contribution in [0.4, 0.5) is 11.4 Å². The predicted octanol–water partition coefficient (Wildman–Crippen LogP) is 2.36. The summed E-state index contributed by atoms with van der Waals surface area (Å²) in [5.41, 5.74) is 0.903. The summed E-state index contributed by atoms with van der Waals surface area (Å²) >= 11 is 0. The summed E-state index contributed by atoms with van der Waals surface area (Å²) < 4.78 is 15.6. The van der Waals surface area contributed by atoms with Crippen molar-refractivity contribution in [3.63, 3.8) is 0 Å². The van der Waals surface area contributed by atoms with Crippen LogP contribution in [0.25, 0.3) is 0 Å². The average molecular weight is 531 g/mol. The van der Waals surface area contributed by atoms with Crippen molar-refractivity contribution < 1.29 is 38.2 Å². The molecular weight excluding hydrogens is 504 g/mol. The molecule has 2 aromatic carbocycles. The van der Waals surface area contributed by atoms with Crippen LogP contribution in [-0.2, 0) is 28.7 Å². The molecule has 0 radical (unpaired) electrons. The van der Waals surface area contributed by atoms with Crippen LogP contribution >= 0.6 is 0 Å². The van der Waals surface area contributed by atoms with Gasteiger partial charge in [-0.3, -0.25) is 29.0 Å². The van der Waals surface area contributed by atoms with E-state index >= 15 is 0 Å². The lowest BCUT2D eigenvalue weighted by atomic mass is 9.52. The van der Waals surface area contributed by atoms with E-state index in [0.29, 0.717) is 22.9 Å². The molecular formula is C29H26N2O8. The quantitative estimate of drug-likeness (QED) is 0.413. The summed E-state index contributed by atoms with van der Waals surface area (Å²) in [6, 6.07) is 13.0. The molecule has 2 saturated heterocycles. The monoisotopic (exact) mass is 530 g/mol. The number of hydrogen-bond donors (Lipinski definition) is 0. The Morgan fingerprint density at radius 2 is 1.08 bits per heavy atom. The van der Waals surface area contributed by atoms with E-state index < -0.39 is 65.1 Å². The summed E-state index contributed by atoms with van der Waals surface area (Å²) in [5, 5.41) is 0. The first-order valence-corrected chi connectivity index (χ1v) is 12.7. The molecule has 2 bridgehead atoms. The maximum Gasteiger partial charge on any atom is 0.334 e. The fourth-order valence-electron chi connectivity index (χ4n) is 6.74. The van der Waals surface area contributed by atoms with Gasteiger partial charge in [0.1, 0.15) is 11.5 Å². The van der Waals surface area contributed by atoms with Crippen LogP contribution in [0.5, 0.6) is 11.5 Å². The topological polar surface area (TPSA) is 120 Å². The van der Waals surface area contributed by atoms with Gasteiger partial charge in [-0.05, 0) is 55.5 Å². The van der Waals surface area contributed by atoms with Crippen molar-refractivity contribution in [2.45, 2.75) is 6.92 Å². The maximum absolute atomic E-state index is 13.9. The highest BCUT2D eigenvalue weighted by Crippen LogP contribution is 2.61. The first-order valence-electron chi connectivity index (χ1n) is 12.7. The fourth-order valence-corrected chi connectivity index (χ4v) is 6.74. The lowest BCUT2D eigenvalue weighted by molar-refractivity contribution is -0.146. The van der Waals surface area contributed by atoms with Gasteiger partial charge in [0.25, 0.3) is 0 Å². The average Bonchev–Trinajstić information content (AvgIpc) is 3.39. The molecule has 0 spiro atoms. The number of carbonyl (C=O) groups is 5. The van der Waals surface area contributed by atoms with Gasteiger partial charge in [0, 0.05) is 17.4 Å². The van der Waals surface area contributed by atoms with E-state index in [-0.39, 0.29) is 12.2 Å². The zero-order valence-electron chi connectivity index (χ0n) is 21.5. The summed E-state index contributed by atoms with van der Waals surface area (Å²) in [6.07, 6.45) is 1.59. The van der Waals surface area contributed by atoms with Crippen molar-refractivity contribution in [3.8, 4) is 11.5 Å². The second kappa shape index (κ2) is 9.07.